The highest BCUT2D eigenvalue weighted by Gasteiger charge is 2.23. The van der Waals surface area contributed by atoms with E-state index in [1.807, 2.05) is 0 Å². The molecule has 1 aromatic rings. The lowest BCUT2D eigenvalue weighted by molar-refractivity contribution is 0.0165. The van der Waals surface area contributed by atoms with Crippen molar-refractivity contribution in [1.29, 1.82) is 0 Å². The number of methoxy groups -OCH3 is 1. The van der Waals surface area contributed by atoms with E-state index in [-0.39, 0.29) is 11.0 Å². The quantitative estimate of drug-likeness (QED) is 0.662. The molecule has 1 aliphatic rings. The Hall–Kier alpha value is -1.08. The standard InChI is InChI=1S/C7H10N2O4S/c1-12-5-3-9-7(13-4-5)6(2-8-9)14(10)11/h2,5,14H,3-4H2,1H3/t5-/m0/s1. The highest BCUT2D eigenvalue weighted by molar-refractivity contribution is 7.72. The molecular weight excluding hydrogens is 208 g/mol. The molecular formula is C7H10N2O4S. The smallest absolute Gasteiger partial charge is 0.231 e. The number of hydrogen-bond donors (Lipinski definition) is 1. The predicted octanol–water partition coefficient (Wildman–Crippen LogP) is -0.739. The van der Waals surface area contributed by atoms with E-state index in [0.717, 1.165) is 0 Å². The van der Waals surface area contributed by atoms with Crippen LogP contribution in [0.25, 0.3) is 0 Å². The van der Waals surface area contributed by atoms with Gasteiger partial charge in [-0.3, -0.25) is 0 Å². The van der Waals surface area contributed by atoms with E-state index < -0.39 is 10.7 Å². The molecule has 14 heavy (non-hydrogen) atoms. The summed E-state index contributed by atoms with van der Waals surface area (Å²) in [5, 5.41) is 3.90. The van der Waals surface area contributed by atoms with Crippen LogP contribution in [0.15, 0.2) is 11.1 Å². The molecule has 2 heterocycles. The summed E-state index contributed by atoms with van der Waals surface area (Å²) in [6, 6.07) is 0. The third-order valence-electron chi connectivity index (χ3n) is 2.09. The van der Waals surface area contributed by atoms with E-state index in [1.54, 1.807) is 7.11 Å². The van der Waals surface area contributed by atoms with Gasteiger partial charge in [0.25, 0.3) is 0 Å². The average Bonchev–Trinajstić information content (AvgIpc) is 2.59. The van der Waals surface area contributed by atoms with Crippen molar-refractivity contribution < 1.29 is 17.9 Å². The van der Waals surface area contributed by atoms with E-state index >= 15 is 0 Å². The second-order valence-corrected chi connectivity index (χ2v) is 3.94. The first-order valence-electron chi connectivity index (χ1n) is 4.08. The van der Waals surface area contributed by atoms with Crippen LogP contribution in [-0.4, -0.2) is 38.0 Å². The van der Waals surface area contributed by atoms with Crippen molar-refractivity contribution in [3.05, 3.63) is 6.20 Å². The Labute approximate surface area is 82.4 Å². The van der Waals surface area contributed by atoms with E-state index in [9.17, 15) is 8.42 Å². The van der Waals surface area contributed by atoms with Crippen molar-refractivity contribution in [2.45, 2.75) is 17.5 Å². The molecule has 1 aromatic heterocycles. The normalized spacial score (nSPS) is 20.6. The summed E-state index contributed by atoms with van der Waals surface area (Å²) >= 11 is 0. The zero-order valence-corrected chi connectivity index (χ0v) is 8.44. The first kappa shape index (κ1) is 9.47. The fraction of sp³-hybridized carbons (Fsp3) is 0.571. The van der Waals surface area contributed by atoms with Gasteiger partial charge in [0.05, 0.1) is 12.7 Å². The van der Waals surface area contributed by atoms with Gasteiger partial charge in [0.1, 0.15) is 17.6 Å². The summed E-state index contributed by atoms with van der Waals surface area (Å²) in [6.07, 6.45) is 1.22. The molecule has 0 bridgehead atoms. The first-order valence-corrected chi connectivity index (χ1v) is 5.26. The van der Waals surface area contributed by atoms with Crippen molar-refractivity contribution in [3.63, 3.8) is 0 Å². The fourth-order valence-corrected chi connectivity index (χ4v) is 1.81. The molecule has 0 aromatic carbocycles. The lowest BCUT2D eigenvalue weighted by atomic mass is 10.3. The van der Waals surface area contributed by atoms with Gasteiger partial charge in [0.15, 0.2) is 10.7 Å². The number of thiol groups is 1. The first-order chi connectivity index (χ1) is 6.72. The van der Waals surface area contributed by atoms with Gasteiger partial charge in [0.2, 0.25) is 5.88 Å². The number of nitrogens with zero attached hydrogens (tertiary/aromatic N) is 2. The minimum Gasteiger partial charge on any atom is -0.474 e. The third-order valence-corrected chi connectivity index (χ3v) is 2.79. The highest BCUT2D eigenvalue weighted by Crippen LogP contribution is 2.23. The zero-order chi connectivity index (χ0) is 10.1. The van der Waals surface area contributed by atoms with Gasteiger partial charge in [-0.1, -0.05) is 0 Å². The number of hydrogen-bond acceptors (Lipinski definition) is 5. The van der Waals surface area contributed by atoms with Gasteiger partial charge < -0.3 is 9.47 Å². The molecule has 0 saturated heterocycles. The van der Waals surface area contributed by atoms with Gasteiger partial charge >= 0.3 is 0 Å². The number of rotatable bonds is 2. The lowest BCUT2D eigenvalue weighted by Gasteiger charge is -2.22. The summed E-state index contributed by atoms with van der Waals surface area (Å²) < 4.78 is 33.3. The molecule has 7 heteroatoms. The molecule has 0 aliphatic carbocycles. The molecule has 0 radical (unpaired) electrons. The summed E-state index contributed by atoms with van der Waals surface area (Å²) in [6.45, 7) is 0.882. The van der Waals surface area contributed by atoms with Crippen molar-refractivity contribution >= 4 is 10.7 Å². The Balaban J connectivity index is 2.34. The Morgan fingerprint density at radius 3 is 3.14 bits per heavy atom. The van der Waals surface area contributed by atoms with Crippen LogP contribution in [0.4, 0.5) is 0 Å². The fourth-order valence-electron chi connectivity index (χ4n) is 1.33. The Bertz CT molecular complexity index is 404. The molecule has 0 fully saturated rings. The van der Waals surface area contributed by atoms with Crippen molar-refractivity contribution in [2.24, 2.45) is 0 Å². The monoisotopic (exact) mass is 218 g/mol. The van der Waals surface area contributed by atoms with E-state index in [2.05, 4.69) is 5.10 Å². The molecule has 0 unspecified atom stereocenters. The van der Waals surface area contributed by atoms with Crippen LogP contribution in [0, 0.1) is 0 Å². The summed E-state index contributed by atoms with van der Waals surface area (Å²) in [7, 11) is -1.06. The van der Waals surface area contributed by atoms with Crippen LogP contribution < -0.4 is 4.74 Å². The third kappa shape index (κ3) is 1.48. The van der Waals surface area contributed by atoms with Gasteiger partial charge in [-0.15, -0.1) is 0 Å². The van der Waals surface area contributed by atoms with Gasteiger partial charge in [0, 0.05) is 7.11 Å². The topological polar surface area (TPSA) is 70.4 Å². The molecule has 78 valence electrons. The zero-order valence-electron chi connectivity index (χ0n) is 7.54. The van der Waals surface area contributed by atoms with Crippen LogP contribution in [0.1, 0.15) is 0 Å². The summed E-state index contributed by atoms with van der Waals surface area (Å²) in [4.78, 5) is 0.134. The van der Waals surface area contributed by atoms with Crippen LogP contribution in [0.5, 0.6) is 5.88 Å². The second kappa shape index (κ2) is 3.58. The maximum absolute atomic E-state index is 10.8. The maximum atomic E-state index is 10.8. The van der Waals surface area contributed by atoms with Crippen LogP contribution in [-0.2, 0) is 22.0 Å². The van der Waals surface area contributed by atoms with Crippen LogP contribution in [0.2, 0.25) is 0 Å². The minimum atomic E-state index is -2.64. The molecule has 0 spiro atoms. The van der Waals surface area contributed by atoms with Gasteiger partial charge in [-0.25, -0.2) is 13.1 Å². The van der Waals surface area contributed by atoms with E-state index in [4.69, 9.17) is 9.47 Å². The molecule has 1 atom stereocenters. The number of ether oxygens (including phenoxy) is 2. The molecule has 2 rings (SSSR count). The molecule has 0 amide bonds. The Morgan fingerprint density at radius 2 is 2.50 bits per heavy atom. The van der Waals surface area contributed by atoms with E-state index in [1.165, 1.54) is 10.9 Å². The average molecular weight is 218 g/mol. The van der Waals surface area contributed by atoms with Crippen LogP contribution >= 0.6 is 0 Å². The SMILES string of the molecule is CO[C@@H]1COc2c([SH](=O)=O)cnn2C1. The Kier molecular flexibility index (Phi) is 2.42. The Morgan fingerprint density at radius 1 is 1.71 bits per heavy atom. The maximum Gasteiger partial charge on any atom is 0.231 e. The number of aromatic nitrogens is 2. The minimum absolute atomic E-state index is 0.0696. The highest BCUT2D eigenvalue weighted by atomic mass is 32.2. The molecule has 1 aliphatic heterocycles. The second-order valence-electron chi connectivity index (χ2n) is 2.94. The largest absolute Gasteiger partial charge is 0.474 e. The van der Waals surface area contributed by atoms with Crippen molar-refractivity contribution in [2.75, 3.05) is 13.7 Å². The van der Waals surface area contributed by atoms with Crippen molar-refractivity contribution in [3.8, 4) is 5.88 Å². The molecule has 0 N–H and O–H groups in total. The van der Waals surface area contributed by atoms with E-state index in [0.29, 0.717) is 19.0 Å². The predicted molar refractivity (Wildman–Crippen MR) is 47.1 cm³/mol. The molecule has 0 saturated carbocycles. The molecule has 6 nitrogen and oxygen atoms in total. The van der Waals surface area contributed by atoms with Gasteiger partial charge in [-0.05, 0) is 0 Å². The summed E-state index contributed by atoms with van der Waals surface area (Å²) in [5.41, 5.74) is 0. The lowest BCUT2D eigenvalue weighted by Crippen LogP contribution is -2.31. The summed E-state index contributed by atoms with van der Waals surface area (Å²) in [5.74, 6) is 0.314. The number of fused-ring (bicyclic) bond motifs is 1. The van der Waals surface area contributed by atoms with Gasteiger partial charge in [-0.2, -0.15) is 5.10 Å². The van der Waals surface area contributed by atoms with Crippen LogP contribution in [0.3, 0.4) is 0 Å². The van der Waals surface area contributed by atoms with Crippen molar-refractivity contribution in [1.82, 2.24) is 9.78 Å².